The van der Waals surface area contributed by atoms with E-state index in [-0.39, 0.29) is 35.3 Å². The molecule has 0 radical (unpaired) electrons. The van der Waals surface area contributed by atoms with Crippen molar-refractivity contribution in [2.45, 2.75) is 24.3 Å². The molecule has 0 aromatic heterocycles. The van der Waals surface area contributed by atoms with Crippen LogP contribution in [0.5, 0.6) is 5.75 Å². The number of benzene rings is 1. The molecule has 1 heterocycles. The third-order valence-electron chi connectivity index (χ3n) is 3.27. The first-order valence-electron chi connectivity index (χ1n) is 6.26. The normalized spacial score (nSPS) is 20.6. The fraction of sp³-hybridized carbons (Fsp3) is 0.417. The van der Waals surface area contributed by atoms with E-state index < -0.39 is 16.1 Å². The molecule has 1 unspecified atom stereocenters. The molecule has 0 aliphatic carbocycles. The summed E-state index contributed by atoms with van der Waals surface area (Å²) < 4.78 is 26.3. The smallest absolute Gasteiger partial charge is 0.243 e. The molecular weight excluding hydrogens is 282 g/mol. The first-order chi connectivity index (χ1) is 9.37. The fourth-order valence-electron chi connectivity index (χ4n) is 2.20. The number of nitrogens with one attached hydrogen (secondary N) is 1. The highest BCUT2D eigenvalue weighted by atomic mass is 32.2. The standard InChI is InChI=1S/C12H17N3O4S/c1-2-10-12(17)14-5-6-15(10)20(18,19)8-3-4-11(16)9(13)7-8/h3-4,7,10,16H,2,5-6,13H2,1H3,(H,14,17). The van der Waals surface area contributed by atoms with Crippen LogP contribution in [0.1, 0.15) is 13.3 Å². The Balaban J connectivity index is 2.42. The van der Waals surface area contributed by atoms with Gasteiger partial charge in [0.25, 0.3) is 0 Å². The lowest BCUT2D eigenvalue weighted by molar-refractivity contribution is -0.126. The summed E-state index contributed by atoms with van der Waals surface area (Å²) in [6.45, 7) is 2.25. The number of piperazine rings is 1. The van der Waals surface area contributed by atoms with Crippen LogP contribution in [0.4, 0.5) is 5.69 Å². The van der Waals surface area contributed by atoms with E-state index in [0.29, 0.717) is 6.42 Å². The van der Waals surface area contributed by atoms with Crippen LogP contribution < -0.4 is 11.1 Å². The van der Waals surface area contributed by atoms with Gasteiger partial charge in [-0.3, -0.25) is 4.79 Å². The Hall–Kier alpha value is -1.80. The molecule has 1 aromatic carbocycles. The molecule has 1 atom stereocenters. The van der Waals surface area contributed by atoms with Gasteiger partial charge in [0.1, 0.15) is 11.8 Å². The lowest BCUT2D eigenvalue weighted by atomic mass is 10.2. The highest BCUT2D eigenvalue weighted by molar-refractivity contribution is 7.89. The molecule has 0 saturated carbocycles. The summed E-state index contributed by atoms with van der Waals surface area (Å²) in [4.78, 5) is 11.7. The van der Waals surface area contributed by atoms with Gasteiger partial charge in [-0.15, -0.1) is 0 Å². The van der Waals surface area contributed by atoms with Crippen LogP contribution in [0.15, 0.2) is 23.1 Å². The van der Waals surface area contributed by atoms with Crippen molar-refractivity contribution in [1.29, 1.82) is 0 Å². The Bertz CT molecular complexity index is 630. The zero-order chi connectivity index (χ0) is 14.9. The molecule has 1 aromatic rings. The number of hydrogen-bond donors (Lipinski definition) is 3. The van der Waals surface area contributed by atoms with Crippen LogP contribution in [0.3, 0.4) is 0 Å². The maximum Gasteiger partial charge on any atom is 0.243 e. The molecule has 0 bridgehead atoms. The maximum atomic E-state index is 12.6. The summed E-state index contributed by atoms with van der Waals surface area (Å²) >= 11 is 0. The maximum absolute atomic E-state index is 12.6. The van der Waals surface area contributed by atoms with E-state index in [1.807, 2.05) is 0 Å². The summed E-state index contributed by atoms with van der Waals surface area (Å²) in [6.07, 6.45) is 0.388. The SMILES string of the molecule is CCC1C(=O)NCCN1S(=O)(=O)c1ccc(O)c(N)c1. The number of sulfonamides is 1. The van der Waals surface area contributed by atoms with Gasteiger partial charge in [-0.25, -0.2) is 8.42 Å². The van der Waals surface area contributed by atoms with Crippen LogP contribution >= 0.6 is 0 Å². The van der Waals surface area contributed by atoms with Gasteiger partial charge in [0.05, 0.1) is 10.6 Å². The van der Waals surface area contributed by atoms with E-state index in [9.17, 15) is 18.3 Å². The summed E-state index contributed by atoms with van der Waals surface area (Å²) in [6, 6.07) is 2.99. The van der Waals surface area contributed by atoms with Gasteiger partial charge in [0.2, 0.25) is 15.9 Å². The largest absolute Gasteiger partial charge is 0.506 e. The van der Waals surface area contributed by atoms with Crippen molar-refractivity contribution in [3.8, 4) is 5.75 Å². The second kappa shape index (κ2) is 5.29. The second-order valence-electron chi connectivity index (χ2n) is 4.55. The molecule has 4 N–H and O–H groups in total. The number of phenols is 1. The van der Waals surface area contributed by atoms with Crippen molar-refractivity contribution < 1.29 is 18.3 Å². The van der Waals surface area contributed by atoms with Crippen LogP contribution in [0.25, 0.3) is 0 Å². The monoisotopic (exact) mass is 299 g/mol. The Morgan fingerprint density at radius 3 is 2.80 bits per heavy atom. The lowest BCUT2D eigenvalue weighted by Gasteiger charge is -2.33. The van der Waals surface area contributed by atoms with Gasteiger partial charge in [-0.05, 0) is 24.6 Å². The summed E-state index contributed by atoms with van der Waals surface area (Å²) in [5, 5.41) is 12.0. The van der Waals surface area contributed by atoms with Crippen LogP contribution in [0.2, 0.25) is 0 Å². The molecule has 8 heteroatoms. The van der Waals surface area contributed by atoms with Crippen molar-refractivity contribution >= 4 is 21.6 Å². The van der Waals surface area contributed by atoms with Gasteiger partial charge in [0, 0.05) is 13.1 Å². The van der Waals surface area contributed by atoms with E-state index in [0.717, 1.165) is 0 Å². The molecule has 1 saturated heterocycles. The minimum Gasteiger partial charge on any atom is -0.506 e. The molecular formula is C12H17N3O4S. The van der Waals surface area contributed by atoms with Crippen molar-refractivity contribution in [3.63, 3.8) is 0 Å². The number of nitrogens with zero attached hydrogens (tertiary/aromatic N) is 1. The summed E-state index contributed by atoms with van der Waals surface area (Å²) in [5.74, 6) is -0.471. The van der Waals surface area contributed by atoms with Gasteiger partial charge in [-0.1, -0.05) is 6.92 Å². The molecule has 2 rings (SSSR count). The van der Waals surface area contributed by atoms with E-state index in [4.69, 9.17) is 5.73 Å². The van der Waals surface area contributed by atoms with Crippen molar-refractivity contribution in [2.75, 3.05) is 18.8 Å². The predicted molar refractivity (Wildman–Crippen MR) is 73.5 cm³/mol. The molecule has 1 fully saturated rings. The lowest BCUT2D eigenvalue weighted by Crippen LogP contribution is -2.56. The van der Waals surface area contributed by atoms with Gasteiger partial charge in [-0.2, -0.15) is 4.31 Å². The molecule has 1 aliphatic rings. The number of rotatable bonds is 3. The minimum atomic E-state index is -3.81. The van der Waals surface area contributed by atoms with Gasteiger partial charge in [0.15, 0.2) is 0 Å². The number of aromatic hydroxyl groups is 1. The predicted octanol–water partition coefficient (Wildman–Crippen LogP) is -0.126. The van der Waals surface area contributed by atoms with Crippen LogP contribution in [-0.4, -0.2) is 42.9 Å². The van der Waals surface area contributed by atoms with E-state index in [1.165, 1.54) is 22.5 Å². The zero-order valence-electron chi connectivity index (χ0n) is 11.0. The van der Waals surface area contributed by atoms with E-state index in [1.54, 1.807) is 6.92 Å². The minimum absolute atomic E-state index is 0.0133. The molecule has 1 amide bonds. The average Bonchev–Trinajstić information content (AvgIpc) is 2.41. The Labute approximate surface area is 117 Å². The number of anilines is 1. The Morgan fingerprint density at radius 1 is 1.50 bits per heavy atom. The first-order valence-corrected chi connectivity index (χ1v) is 7.70. The Morgan fingerprint density at radius 2 is 2.20 bits per heavy atom. The summed E-state index contributed by atoms with van der Waals surface area (Å²) in [7, 11) is -3.81. The molecule has 1 aliphatic heterocycles. The van der Waals surface area contributed by atoms with Crippen molar-refractivity contribution in [2.24, 2.45) is 0 Å². The number of hydrogen-bond acceptors (Lipinski definition) is 5. The molecule has 0 spiro atoms. The van der Waals surface area contributed by atoms with Crippen molar-refractivity contribution in [1.82, 2.24) is 9.62 Å². The number of amides is 1. The Kier molecular flexibility index (Phi) is 3.87. The number of carbonyl (C=O) groups is 1. The number of nitrogen functional groups attached to an aromatic ring is 1. The van der Waals surface area contributed by atoms with E-state index >= 15 is 0 Å². The zero-order valence-corrected chi connectivity index (χ0v) is 11.9. The number of phenolic OH excluding ortho intramolecular Hbond substituents is 1. The topological polar surface area (TPSA) is 113 Å². The van der Waals surface area contributed by atoms with Gasteiger partial charge < -0.3 is 16.2 Å². The van der Waals surface area contributed by atoms with Crippen molar-refractivity contribution in [3.05, 3.63) is 18.2 Å². The third kappa shape index (κ3) is 2.44. The van der Waals surface area contributed by atoms with Crippen LogP contribution in [0, 0.1) is 0 Å². The van der Waals surface area contributed by atoms with Crippen LogP contribution in [-0.2, 0) is 14.8 Å². The number of nitrogens with two attached hydrogens (primary N) is 1. The molecule has 20 heavy (non-hydrogen) atoms. The average molecular weight is 299 g/mol. The first kappa shape index (κ1) is 14.6. The molecule has 7 nitrogen and oxygen atoms in total. The summed E-state index contributed by atoms with van der Waals surface area (Å²) in [5.41, 5.74) is 5.52. The van der Waals surface area contributed by atoms with E-state index in [2.05, 4.69) is 5.32 Å². The highest BCUT2D eigenvalue weighted by Gasteiger charge is 2.37. The fourth-order valence-corrected chi connectivity index (χ4v) is 3.90. The highest BCUT2D eigenvalue weighted by Crippen LogP contribution is 2.27. The van der Waals surface area contributed by atoms with Gasteiger partial charge >= 0.3 is 0 Å². The third-order valence-corrected chi connectivity index (χ3v) is 5.18. The second-order valence-corrected chi connectivity index (χ2v) is 6.44. The quantitative estimate of drug-likeness (QED) is 0.532. The molecule has 110 valence electrons. The number of carbonyl (C=O) groups excluding carboxylic acids is 1.